The number of carboxylic acids is 1. The molecule has 1 aliphatic heterocycles. The Labute approximate surface area is 202 Å². The predicted octanol–water partition coefficient (Wildman–Crippen LogP) is 4.04. The van der Waals surface area contributed by atoms with Crippen LogP contribution in [0.3, 0.4) is 0 Å². The Balaban J connectivity index is 1.32. The van der Waals surface area contributed by atoms with E-state index in [-0.39, 0.29) is 17.8 Å². The molecule has 0 bridgehead atoms. The summed E-state index contributed by atoms with van der Waals surface area (Å²) in [5.74, 6) is 0.407. The van der Waals surface area contributed by atoms with E-state index in [2.05, 4.69) is 4.99 Å². The van der Waals surface area contributed by atoms with Crippen LogP contribution in [0.5, 0.6) is 5.75 Å². The molecule has 4 rings (SSSR count). The minimum Gasteiger partial charge on any atom is -0.494 e. The van der Waals surface area contributed by atoms with Gasteiger partial charge in [0.15, 0.2) is 5.96 Å². The summed E-state index contributed by atoms with van der Waals surface area (Å²) in [4.78, 5) is 32.7. The maximum absolute atomic E-state index is 12.5. The molecule has 1 heterocycles. The number of fused-ring (bicyclic) bond motifs is 1. The van der Waals surface area contributed by atoms with Gasteiger partial charge < -0.3 is 25.4 Å². The second kappa shape index (κ2) is 11.1. The number of carbonyl (C=O) groups is 2. The molecule has 1 aromatic rings. The van der Waals surface area contributed by atoms with Crippen molar-refractivity contribution in [1.29, 1.82) is 0 Å². The second-order valence-corrected chi connectivity index (χ2v) is 9.96. The lowest BCUT2D eigenvalue weighted by atomic mass is 9.94. The number of benzene rings is 1. The molecule has 0 aromatic heterocycles. The number of carboxylic acid groups (broad SMARTS) is 1. The number of aliphatic imine (C=N–C) groups is 1. The number of nitrogens with two attached hydrogens (primary N) is 1. The molecule has 1 aromatic carbocycles. The fourth-order valence-corrected chi connectivity index (χ4v) is 5.70. The van der Waals surface area contributed by atoms with E-state index in [1.54, 1.807) is 4.90 Å². The summed E-state index contributed by atoms with van der Waals surface area (Å²) >= 11 is 0. The first-order valence-electron chi connectivity index (χ1n) is 12.8. The molecule has 1 unspecified atom stereocenters. The Hall–Kier alpha value is -2.77. The number of rotatable bonds is 9. The summed E-state index contributed by atoms with van der Waals surface area (Å²) in [7, 11) is 1.93. The van der Waals surface area contributed by atoms with E-state index in [9.17, 15) is 14.7 Å². The molecule has 8 heteroatoms. The quantitative estimate of drug-likeness (QED) is 0.527. The number of hydrogen-bond donors (Lipinski definition) is 2. The van der Waals surface area contributed by atoms with Crippen LogP contribution in [-0.2, 0) is 16.1 Å². The number of aliphatic carboxylic acids is 1. The Morgan fingerprint density at radius 1 is 1.18 bits per heavy atom. The zero-order chi connectivity index (χ0) is 24.1. The number of nitrogens with zero attached hydrogens (tertiary/aromatic N) is 3. The average Bonchev–Trinajstić information content (AvgIpc) is 3.36. The molecule has 1 amide bonds. The maximum atomic E-state index is 12.5. The summed E-state index contributed by atoms with van der Waals surface area (Å²) in [5, 5.41) is 9.91. The second-order valence-electron chi connectivity index (χ2n) is 9.96. The Bertz CT molecular complexity index is 906. The highest BCUT2D eigenvalue weighted by molar-refractivity contribution is 5.88. The number of ether oxygens (including phenoxy) is 1. The van der Waals surface area contributed by atoms with Crippen molar-refractivity contribution in [2.45, 2.75) is 89.3 Å². The third-order valence-electron chi connectivity index (χ3n) is 7.68. The standard InChI is InChI=1S/C26H38N4O4/c1-29(20-10-3-2-4-11-20)23(31)12-7-15-34-21-13-14-22-19(16-21)17-30(26(27)28-22)24(25(32)33)18-8-5-6-9-18/h13-14,16,18,20,24H,2-12,15,17H2,1H3,(H2,27,28)(H,32,33). The van der Waals surface area contributed by atoms with Crippen molar-refractivity contribution in [3.8, 4) is 5.75 Å². The van der Waals surface area contributed by atoms with Crippen LogP contribution in [0, 0.1) is 5.92 Å². The van der Waals surface area contributed by atoms with E-state index in [0.29, 0.717) is 37.8 Å². The highest BCUT2D eigenvalue weighted by Gasteiger charge is 2.38. The van der Waals surface area contributed by atoms with Crippen molar-refractivity contribution in [3.05, 3.63) is 23.8 Å². The molecule has 2 fully saturated rings. The van der Waals surface area contributed by atoms with Gasteiger partial charge in [0.1, 0.15) is 11.8 Å². The first-order chi connectivity index (χ1) is 16.4. The smallest absolute Gasteiger partial charge is 0.326 e. The molecule has 3 aliphatic rings. The van der Waals surface area contributed by atoms with Crippen LogP contribution >= 0.6 is 0 Å². The molecule has 0 radical (unpaired) electrons. The lowest BCUT2D eigenvalue weighted by molar-refractivity contribution is -0.144. The SMILES string of the molecule is CN(C(=O)CCCOc1ccc2c(c1)CN(C(C(=O)O)C1CCCC1)C(N)=N2)C1CCCCC1. The van der Waals surface area contributed by atoms with Crippen molar-refractivity contribution in [1.82, 2.24) is 9.80 Å². The Morgan fingerprint density at radius 2 is 1.88 bits per heavy atom. The molecule has 8 nitrogen and oxygen atoms in total. The van der Waals surface area contributed by atoms with Gasteiger partial charge in [0.2, 0.25) is 5.91 Å². The largest absolute Gasteiger partial charge is 0.494 e. The summed E-state index contributed by atoms with van der Waals surface area (Å²) in [6.07, 6.45) is 11.0. The van der Waals surface area contributed by atoms with Crippen LogP contribution < -0.4 is 10.5 Å². The van der Waals surface area contributed by atoms with Crippen LogP contribution in [0.2, 0.25) is 0 Å². The van der Waals surface area contributed by atoms with Crippen molar-refractivity contribution >= 4 is 23.5 Å². The third-order valence-corrected chi connectivity index (χ3v) is 7.68. The highest BCUT2D eigenvalue weighted by atomic mass is 16.5. The lowest BCUT2D eigenvalue weighted by Gasteiger charge is -2.36. The van der Waals surface area contributed by atoms with Crippen molar-refractivity contribution in [2.75, 3.05) is 13.7 Å². The summed E-state index contributed by atoms with van der Waals surface area (Å²) in [6, 6.07) is 5.37. The fourth-order valence-electron chi connectivity index (χ4n) is 5.70. The van der Waals surface area contributed by atoms with Crippen molar-refractivity contribution in [2.24, 2.45) is 16.6 Å². The number of carbonyl (C=O) groups excluding carboxylic acids is 1. The topological polar surface area (TPSA) is 108 Å². The molecule has 3 N–H and O–H groups in total. The molecule has 0 saturated heterocycles. The molecule has 34 heavy (non-hydrogen) atoms. The maximum Gasteiger partial charge on any atom is 0.326 e. The minimum absolute atomic E-state index is 0.0940. The molecule has 2 aliphatic carbocycles. The predicted molar refractivity (Wildman–Crippen MR) is 131 cm³/mol. The first kappa shape index (κ1) is 24.4. The zero-order valence-electron chi connectivity index (χ0n) is 20.2. The summed E-state index contributed by atoms with van der Waals surface area (Å²) < 4.78 is 5.93. The van der Waals surface area contributed by atoms with Gasteiger partial charge in [-0.3, -0.25) is 4.79 Å². The highest BCUT2D eigenvalue weighted by Crippen LogP contribution is 2.35. The molecule has 1 atom stereocenters. The number of hydrogen-bond acceptors (Lipinski definition) is 6. The third kappa shape index (κ3) is 5.65. The number of amides is 1. The van der Waals surface area contributed by atoms with Crippen molar-refractivity contribution < 1.29 is 19.4 Å². The van der Waals surface area contributed by atoms with Crippen LogP contribution in [0.1, 0.15) is 76.2 Å². The van der Waals surface area contributed by atoms with E-state index < -0.39 is 12.0 Å². The monoisotopic (exact) mass is 470 g/mol. The summed E-state index contributed by atoms with van der Waals surface area (Å²) in [6.45, 7) is 0.859. The Kier molecular flexibility index (Phi) is 7.95. The zero-order valence-corrected chi connectivity index (χ0v) is 20.2. The van der Waals surface area contributed by atoms with Crippen LogP contribution in [0.4, 0.5) is 5.69 Å². The van der Waals surface area contributed by atoms with Gasteiger partial charge in [-0.1, -0.05) is 32.1 Å². The van der Waals surface area contributed by atoms with Gasteiger partial charge in [0.05, 0.1) is 12.3 Å². The summed E-state index contributed by atoms with van der Waals surface area (Å²) in [5.41, 5.74) is 7.85. The van der Waals surface area contributed by atoms with Gasteiger partial charge in [-0.25, -0.2) is 9.79 Å². The normalized spacial score (nSPS) is 19.9. The van der Waals surface area contributed by atoms with Gasteiger partial charge in [-0.15, -0.1) is 0 Å². The van der Waals surface area contributed by atoms with E-state index in [1.165, 1.54) is 19.3 Å². The average molecular weight is 471 g/mol. The molecular formula is C26H38N4O4. The molecule has 0 spiro atoms. The fraction of sp³-hybridized carbons (Fsp3) is 0.654. The van der Waals surface area contributed by atoms with Crippen LogP contribution in [-0.4, -0.2) is 58.5 Å². The molecule has 2 saturated carbocycles. The van der Waals surface area contributed by atoms with E-state index in [4.69, 9.17) is 10.5 Å². The first-order valence-corrected chi connectivity index (χ1v) is 12.8. The molecule has 186 valence electrons. The van der Waals surface area contributed by atoms with Crippen LogP contribution in [0.15, 0.2) is 23.2 Å². The number of guanidine groups is 1. The van der Waals surface area contributed by atoms with Crippen molar-refractivity contribution in [3.63, 3.8) is 0 Å². The van der Waals surface area contributed by atoms with Gasteiger partial charge in [0.25, 0.3) is 0 Å². The van der Waals surface area contributed by atoms with Gasteiger partial charge in [0, 0.05) is 31.6 Å². The van der Waals surface area contributed by atoms with Gasteiger partial charge >= 0.3 is 5.97 Å². The van der Waals surface area contributed by atoms with E-state index in [1.807, 2.05) is 30.1 Å². The van der Waals surface area contributed by atoms with E-state index in [0.717, 1.165) is 49.8 Å². The van der Waals surface area contributed by atoms with Gasteiger partial charge in [-0.2, -0.15) is 0 Å². The Morgan fingerprint density at radius 3 is 2.59 bits per heavy atom. The van der Waals surface area contributed by atoms with E-state index >= 15 is 0 Å². The van der Waals surface area contributed by atoms with Crippen LogP contribution in [0.25, 0.3) is 0 Å². The minimum atomic E-state index is -0.844. The van der Waals surface area contributed by atoms with Gasteiger partial charge in [-0.05, 0) is 56.2 Å². The lowest BCUT2D eigenvalue weighted by Crippen LogP contribution is -2.52. The molecular weight excluding hydrogens is 432 g/mol.